The van der Waals surface area contributed by atoms with Crippen molar-refractivity contribution >= 4 is 17.4 Å². The first-order chi connectivity index (χ1) is 8.19. The molecule has 0 amide bonds. The number of piperidine rings is 1. The highest BCUT2D eigenvalue weighted by molar-refractivity contribution is 6.28. The molecule has 1 fully saturated rings. The molecule has 0 spiro atoms. The number of rotatable bonds is 3. The average Bonchev–Trinajstić information content (AvgIpc) is 2.28. The smallest absolute Gasteiger partial charge is 0.224 e. The van der Waals surface area contributed by atoms with Gasteiger partial charge in [-0.15, -0.1) is 0 Å². The van der Waals surface area contributed by atoms with Gasteiger partial charge in [-0.25, -0.2) is 9.97 Å². The van der Waals surface area contributed by atoms with Crippen molar-refractivity contribution < 1.29 is 5.11 Å². The summed E-state index contributed by atoms with van der Waals surface area (Å²) in [4.78, 5) is 10.6. The number of hydrogen-bond acceptors (Lipinski definition) is 4. The third-order valence-electron chi connectivity index (χ3n) is 3.19. The van der Waals surface area contributed by atoms with Gasteiger partial charge in [0.25, 0.3) is 0 Å². The van der Waals surface area contributed by atoms with Crippen LogP contribution >= 0.6 is 11.6 Å². The fourth-order valence-corrected chi connectivity index (χ4v) is 2.59. The van der Waals surface area contributed by atoms with Crippen LogP contribution in [0.5, 0.6) is 0 Å². The number of nitrogens with zero attached hydrogens (tertiary/aromatic N) is 3. The molecule has 94 valence electrons. The van der Waals surface area contributed by atoms with Gasteiger partial charge in [0.15, 0.2) is 0 Å². The van der Waals surface area contributed by atoms with Crippen LogP contribution in [0.1, 0.15) is 25.0 Å². The van der Waals surface area contributed by atoms with E-state index in [1.165, 1.54) is 6.42 Å². The fraction of sp³-hybridized carbons (Fsp3) is 0.667. The van der Waals surface area contributed by atoms with Crippen LogP contribution in [0.25, 0.3) is 0 Å². The second-order valence-corrected chi connectivity index (χ2v) is 4.94. The van der Waals surface area contributed by atoms with Crippen molar-refractivity contribution in [1.29, 1.82) is 0 Å². The van der Waals surface area contributed by atoms with E-state index in [-0.39, 0.29) is 6.61 Å². The number of halogens is 1. The lowest BCUT2D eigenvalue weighted by Gasteiger charge is -2.33. The predicted molar refractivity (Wildman–Crippen MR) is 68.4 cm³/mol. The zero-order chi connectivity index (χ0) is 12.3. The number of hydrogen-bond donors (Lipinski definition) is 1. The number of aryl methyl sites for hydroxylation is 1. The van der Waals surface area contributed by atoms with Crippen molar-refractivity contribution in [2.45, 2.75) is 26.2 Å². The normalized spacial score (nSPS) is 20.6. The molecule has 1 unspecified atom stereocenters. The fourth-order valence-electron chi connectivity index (χ4n) is 2.37. The zero-order valence-electron chi connectivity index (χ0n) is 10.1. The van der Waals surface area contributed by atoms with Gasteiger partial charge in [-0.3, -0.25) is 0 Å². The Morgan fingerprint density at radius 1 is 1.53 bits per heavy atom. The van der Waals surface area contributed by atoms with E-state index in [0.717, 1.165) is 37.4 Å². The van der Waals surface area contributed by atoms with E-state index >= 15 is 0 Å². The molecular formula is C12H18ClN3O. The van der Waals surface area contributed by atoms with Gasteiger partial charge >= 0.3 is 0 Å². The van der Waals surface area contributed by atoms with Gasteiger partial charge < -0.3 is 10.0 Å². The van der Waals surface area contributed by atoms with E-state index < -0.39 is 0 Å². The van der Waals surface area contributed by atoms with Crippen LogP contribution in [0, 0.1) is 12.8 Å². The molecule has 1 aliphatic heterocycles. The second kappa shape index (κ2) is 5.65. The minimum Gasteiger partial charge on any atom is -0.396 e. The molecule has 1 aromatic heterocycles. The van der Waals surface area contributed by atoms with Crippen molar-refractivity contribution in [1.82, 2.24) is 9.97 Å². The molecule has 0 aliphatic carbocycles. The van der Waals surface area contributed by atoms with Crippen molar-refractivity contribution in [2.24, 2.45) is 5.92 Å². The lowest BCUT2D eigenvalue weighted by atomic mass is 9.95. The van der Waals surface area contributed by atoms with Gasteiger partial charge in [0.1, 0.15) is 5.82 Å². The van der Waals surface area contributed by atoms with Gasteiger partial charge in [-0.1, -0.05) is 0 Å². The van der Waals surface area contributed by atoms with E-state index in [4.69, 9.17) is 16.7 Å². The zero-order valence-corrected chi connectivity index (χ0v) is 10.8. The Morgan fingerprint density at radius 3 is 3.06 bits per heavy atom. The molecule has 5 heteroatoms. The highest BCUT2D eigenvalue weighted by atomic mass is 35.5. The first kappa shape index (κ1) is 12.6. The van der Waals surface area contributed by atoms with E-state index in [0.29, 0.717) is 11.2 Å². The lowest BCUT2D eigenvalue weighted by molar-refractivity contribution is 0.244. The lowest BCUT2D eigenvalue weighted by Crippen LogP contribution is -2.36. The molecule has 2 heterocycles. The van der Waals surface area contributed by atoms with Crippen molar-refractivity contribution in [3.05, 3.63) is 17.0 Å². The standard InChI is InChI=1S/C12H18ClN3O/c1-9-7-11(15-12(13)14-9)16-5-2-3-10(8-16)4-6-17/h7,10,17H,2-6,8H2,1H3. The molecule has 0 aromatic carbocycles. The number of aliphatic hydroxyl groups is 1. The Bertz CT molecular complexity index is 364. The Morgan fingerprint density at radius 2 is 2.35 bits per heavy atom. The SMILES string of the molecule is Cc1cc(N2CCCC(CCO)C2)nc(Cl)n1. The van der Waals surface area contributed by atoms with Crippen LogP contribution in [-0.2, 0) is 0 Å². The number of aliphatic hydroxyl groups excluding tert-OH is 1. The van der Waals surface area contributed by atoms with Crippen LogP contribution in [0.15, 0.2) is 6.07 Å². The van der Waals surface area contributed by atoms with E-state index in [2.05, 4.69) is 14.9 Å². The molecule has 0 bridgehead atoms. The summed E-state index contributed by atoms with van der Waals surface area (Å²) in [6.45, 7) is 4.15. The van der Waals surface area contributed by atoms with Crippen LogP contribution in [0.3, 0.4) is 0 Å². The highest BCUT2D eigenvalue weighted by Gasteiger charge is 2.20. The summed E-state index contributed by atoms with van der Waals surface area (Å²) in [5.74, 6) is 1.47. The molecule has 2 rings (SSSR count). The number of aromatic nitrogens is 2. The summed E-state index contributed by atoms with van der Waals surface area (Å²) in [6.07, 6.45) is 3.20. The Hall–Kier alpha value is -0.870. The van der Waals surface area contributed by atoms with Crippen LogP contribution in [0.4, 0.5) is 5.82 Å². The van der Waals surface area contributed by atoms with Crippen LogP contribution < -0.4 is 4.90 Å². The maximum Gasteiger partial charge on any atom is 0.224 e. The van der Waals surface area contributed by atoms with Crippen LogP contribution in [-0.4, -0.2) is 34.8 Å². The summed E-state index contributed by atoms with van der Waals surface area (Å²) in [5, 5.41) is 9.31. The van der Waals surface area contributed by atoms with Crippen molar-refractivity contribution in [3.63, 3.8) is 0 Å². The molecule has 1 aliphatic rings. The molecule has 0 radical (unpaired) electrons. The predicted octanol–water partition coefficient (Wildman–Crippen LogP) is 2.04. The first-order valence-corrected chi connectivity index (χ1v) is 6.44. The second-order valence-electron chi connectivity index (χ2n) is 4.60. The van der Waals surface area contributed by atoms with Crippen LogP contribution in [0.2, 0.25) is 5.28 Å². The Labute approximate surface area is 107 Å². The third kappa shape index (κ3) is 3.30. The Balaban J connectivity index is 2.10. The van der Waals surface area contributed by atoms with Gasteiger partial charge in [-0.2, -0.15) is 0 Å². The van der Waals surface area contributed by atoms with Gasteiger partial charge in [0.2, 0.25) is 5.28 Å². The van der Waals surface area contributed by atoms with Crippen molar-refractivity contribution in [3.8, 4) is 0 Å². The monoisotopic (exact) mass is 255 g/mol. The maximum absolute atomic E-state index is 9.00. The molecule has 0 saturated carbocycles. The largest absolute Gasteiger partial charge is 0.396 e. The highest BCUT2D eigenvalue weighted by Crippen LogP contribution is 2.24. The minimum atomic E-state index is 0.266. The number of anilines is 1. The molecule has 1 saturated heterocycles. The van der Waals surface area contributed by atoms with E-state index in [9.17, 15) is 0 Å². The molecular weight excluding hydrogens is 238 g/mol. The van der Waals surface area contributed by atoms with Gasteiger partial charge in [-0.05, 0) is 43.7 Å². The van der Waals surface area contributed by atoms with Crippen molar-refractivity contribution in [2.75, 3.05) is 24.6 Å². The van der Waals surface area contributed by atoms with E-state index in [1.807, 2.05) is 13.0 Å². The minimum absolute atomic E-state index is 0.266. The summed E-state index contributed by atoms with van der Waals surface area (Å²) in [5.41, 5.74) is 0.893. The van der Waals surface area contributed by atoms with E-state index in [1.54, 1.807) is 0 Å². The maximum atomic E-state index is 9.00. The molecule has 17 heavy (non-hydrogen) atoms. The van der Waals surface area contributed by atoms with Gasteiger partial charge in [0.05, 0.1) is 0 Å². The van der Waals surface area contributed by atoms with Gasteiger partial charge in [0, 0.05) is 31.5 Å². The summed E-state index contributed by atoms with van der Waals surface area (Å²) < 4.78 is 0. The summed E-state index contributed by atoms with van der Waals surface area (Å²) >= 11 is 5.88. The molecule has 1 aromatic rings. The third-order valence-corrected chi connectivity index (χ3v) is 3.36. The molecule has 1 atom stereocenters. The summed E-state index contributed by atoms with van der Waals surface area (Å²) in [7, 11) is 0. The summed E-state index contributed by atoms with van der Waals surface area (Å²) in [6, 6.07) is 1.97. The molecule has 1 N–H and O–H groups in total. The molecule has 4 nitrogen and oxygen atoms in total. The first-order valence-electron chi connectivity index (χ1n) is 6.06. The topological polar surface area (TPSA) is 49.2 Å². The quantitative estimate of drug-likeness (QED) is 0.840. The Kier molecular flexibility index (Phi) is 4.18. The average molecular weight is 256 g/mol.